The van der Waals surface area contributed by atoms with Crippen LogP contribution >= 0.6 is 35.6 Å². The Morgan fingerprint density at radius 3 is 3.00 bits per heavy atom. The van der Waals surface area contributed by atoms with E-state index in [-0.39, 0.29) is 5.75 Å². The van der Waals surface area contributed by atoms with Gasteiger partial charge in [-0.05, 0) is 17.5 Å². The van der Waals surface area contributed by atoms with Crippen molar-refractivity contribution in [2.45, 2.75) is 10.8 Å². The number of fused-ring (bicyclic) bond motifs is 1. The molecule has 0 atom stereocenters. The summed E-state index contributed by atoms with van der Waals surface area (Å²) in [6.07, 6.45) is 0. The Bertz CT molecular complexity index is 450. The molecule has 0 spiro atoms. The fourth-order valence-electron chi connectivity index (χ4n) is 1.31. The average Bonchev–Trinajstić information content (AvgIpc) is 2.53. The van der Waals surface area contributed by atoms with Gasteiger partial charge in [0.25, 0.3) is 0 Å². The molecular formula is C9H7ClOS2. The van der Waals surface area contributed by atoms with E-state index in [1.807, 2.05) is 11.4 Å². The van der Waals surface area contributed by atoms with E-state index in [9.17, 15) is 5.11 Å². The maximum atomic E-state index is 9.58. The Balaban J connectivity index is 2.88. The van der Waals surface area contributed by atoms with Crippen molar-refractivity contribution in [3.63, 3.8) is 0 Å². The van der Waals surface area contributed by atoms with Crippen LogP contribution in [0.3, 0.4) is 0 Å². The summed E-state index contributed by atoms with van der Waals surface area (Å²) in [7, 11) is 0. The second kappa shape index (κ2) is 3.40. The van der Waals surface area contributed by atoms with Gasteiger partial charge < -0.3 is 5.11 Å². The molecule has 0 aliphatic carbocycles. The summed E-state index contributed by atoms with van der Waals surface area (Å²) in [6, 6.07) is 3.59. The second-order valence-corrected chi connectivity index (χ2v) is 4.36. The van der Waals surface area contributed by atoms with Gasteiger partial charge in [-0.15, -0.1) is 35.6 Å². The molecular weight excluding hydrogens is 224 g/mol. The molecule has 2 aromatic rings. The third-order valence-electron chi connectivity index (χ3n) is 1.94. The number of rotatable bonds is 1. The van der Waals surface area contributed by atoms with Crippen molar-refractivity contribution in [1.82, 2.24) is 0 Å². The van der Waals surface area contributed by atoms with Crippen LogP contribution in [0.25, 0.3) is 10.1 Å². The first-order chi connectivity index (χ1) is 6.24. The predicted octanol–water partition coefficient (Wildman–Crippen LogP) is 3.63. The third kappa shape index (κ3) is 1.41. The van der Waals surface area contributed by atoms with E-state index in [1.165, 1.54) is 0 Å². The minimum atomic E-state index is 0.228. The van der Waals surface area contributed by atoms with Crippen LogP contribution in [0.15, 0.2) is 22.4 Å². The molecule has 68 valence electrons. The first-order valence-electron chi connectivity index (χ1n) is 3.71. The number of thiophene rings is 1. The molecule has 0 saturated carbocycles. The van der Waals surface area contributed by atoms with E-state index in [0.717, 1.165) is 20.5 Å². The SMILES string of the molecule is Oc1cc(S)c2sccc2c1CCl. The van der Waals surface area contributed by atoms with Gasteiger partial charge in [-0.3, -0.25) is 0 Å². The minimum absolute atomic E-state index is 0.228. The molecule has 0 aliphatic heterocycles. The molecule has 0 bridgehead atoms. The van der Waals surface area contributed by atoms with Gasteiger partial charge in [-0.2, -0.15) is 0 Å². The van der Waals surface area contributed by atoms with Crippen molar-refractivity contribution < 1.29 is 5.11 Å². The summed E-state index contributed by atoms with van der Waals surface area (Å²) >= 11 is 11.6. The van der Waals surface area contributed by atoms with Crippen LogP contribution in [-0.2, 0) is 5.88 Å². The van der Waals surface area contributed by atoms with Gasteiger partial charge in [0, 0.05) is 20.5 Å². The van der Waals surface area contributed by atoms with Gasteiger partial charge >= 0.3 is 0 Å². The summed E-state index contributed by atoms with van der Waals surface area (Å²) in [4.78, 5) is 0.802. The van der Waals surface area contributed by atoms with Gasteiger partial charge in [0.15, 0.2) is 0 Å². The van der Waals surface area contributed by atoms with E-state index < -0.39 is 0 Å². The van der Waals surface area contributed by atoms with Crippen molar-refractivity contribution in [2.24, 2.45) is 0 Å². The predicted molar refractivity (Wildman–Crippen MR) is 60.3 cm³/mol. The number of hydrogen-bond acceptors (Lipinski definition) is 3. The molecule has 13 heavy (non-hydrogen) atoms. The quantitative estimate of drug-likeness (QED) is 0.566. The molecule has 1 aromatic carbocycles. The van der Waals surface area contributed by atoms with Crippen LogP contribution < -0.4 is 0 Å². The lowest BCUT2D eigenvalue weighted by Crippen LogP contribution is -1.81. The number of hydrogen-bond donors (Lipinski definition) is 2. The topological polar surface area (TPSA) is 20.2 Å². The molecule has 1 N–H and O–H groups in total. The molecule has 0 amide bonds. The number of benzene rings is 1. The normalized spacial score (nSPS) is 10.9. The second-order valence-electron chi connectivity index (χ2n) is 2.69. The van der Waals surface area contributed by atoms with Crippen LogP contribution in [0, 0.1) is 0 Å². The largest absolute Gasteiger partial charge is 0.508 e. The van der Waals surface area contributed by atoms with Gasteiger partial charge in [0.05, 0.1) is 5.88 Å². The monoisotopic (exact) mass is 230 g/mol. The van der Waals surface area contributed by atoms with Crippen LogP contribution in [0.4, 0.5) is 0 Å². The van der Waals surface area contributed by atoms with Gasteiger partial charge in [-0.25, -0.2) is 0 Å². The van der Waals surface area contributed by atoms with Crippen LogP contribution in [-0.4, -0.2) is 5.11 Å². The fourth-order valence-corrected chi connectivity index (χ4v) is 2.83. The number of phenolic OH excluding ortho intramolecular Hbond substituents is 1. The number of phenols is 1. The van der Waals surface area contributed by atoms with E-state index in [0.29, 0.717) is 5.88 Å². The molecule has 1 nitrogen and oxygen atoms in total. The molecule has 2 rings (SSSR count). The van der Waals surface area contributed by atoms with Crippen molar-refractivity contribution in [2.75, 3.05) is 0 Å². The zero-order valence-corrected chi connectivity index (χ0v) is 9.09. The highest BCUT2D eigenvalue weighted by Crippen LogP contribution is 2.36. The summed E-state index contributed by atoms with van der Waals surface area (Å²) in [5.74, 6) is 0.554. The highest BCUT2D eigenvalue weighted by atomic mass is 35.5. The summed E-state index contributed by atoms with van der Waals surface area (Å²) in [5, 5.41) is 12.6. The Morgan fingerprint density at radius 2 is 2.31 bits per heavy atom. The van der Waals surface area contributed by atoms with Crippen LogP contribution in [0.1, 0.15) is 5.56 Å². The van der Waals surface area contributed by atoms with Gasteiger partial charge in [0.2, 0.25) is 0 Å². The van der Waals surface area contributed by atoms with E-state index >= 15 is 0 Å². The lowest BCUT2D eigenvalue weighted by molar-refractivity contribution is 0.470. The van der Waals surface area contributed by atoms with Gasteiger partial charge in [0.1, 0.15) is 5.75 Å². The Morgan fingerprint density at radius 1 is 1.54 bits per heavy atom. The molecule has 0 aliphatic rings. The van der Waals surface area contributed by atoms with Crippen molar-refractivity contribution in [1.29, 1.82) is 0 Å². The zero-order chi connectivity index (χ0) is 9.42. The lowest BCUT2D eigenvalue weighted by Gasteiger charge is -2.04. The molecule has 1 heterocycles. The smallest absolute Gasteiger partial charge is 0.121 e. The zero-order valence-electron chi connectivity index (χ0n) is 6.62. The molecule has 0 saturated heterocycles. The average molecular weight is 231 g/mol. The Labute approximate surface area is 90.4 Å². The Kier molecular flexibility index (Phi) is 2.41. The molecule has 0 unspecified atom stereocenters. The molecule has 1 aromatic heterocycles. The van der Waals surface area contributed by atoms with E-state index in [4.69, 9.17) is 11.6 Å². The highest BCUT2D eigenvalue weighted by molar-refractivity contribution is 7.80. The van der Waals surface area contributed by atoms with Crippen LogP contribution in [0.5, 0.6) is 5.75 Å². The molecule has 0 fully saturated rings. The highest BCUT2D eigenvalue weighted by Gasteiger charge is 2.09. The molecule has 0 radical (unpaired) electrons. The van der Waals surface area contributed by atoms with E-state index in [2.05, 4.69) is 12.6 Å². The number of alkyl halides is 1. The maximum Gasteiger partial charge on any atom is 0.121 e. The summed E-state index contributed by atoms with van der Waals surface area (Å²) < 4.78 is 1.08. The number of halogens is 1. The first-order valence-corrected chi connectivity index (χ1v) is 5.57. The Hall–Kier alpha value is -0.380. The summed E-state index contributed by atoms with van der Waals surface area (Å²) in [5.41, 5.74) is 0.788. The maximum absolute atomic E-state index is 9.58. The van der Waals surface area contributed by atoms with Crippen LogP contribution in [0.2, 0.25) is 0 Å². The standard InChI is InChI=1S/C9H7ClOS2/c10-4-6-5-1-2-13-9(5)8(12)3-7(6)11/h1-3,11-12H,4H2. The number of thiol groups is 1. The van der Waals surface area contributed by atoms with Gasteiger partial charge in [-0.1, -0.05) is 0 Å². The van der Waals surface area contributed by atoms with Crippen molar-refractivity contribution in [3.8, 4) is 5.75 Å². The third-order valence-corrected chi connectivity index (χ3v) is 3.66. The molecule has 4 heteroatoms. The fraction of sp³-hybridized carbons (Fsp3) is 0.111. The summed E-state index contributed by atoms with van der Waals surface area (Å²) in [6.45, 7) is 0. The first kappa shape index (κ1) is 9.19. The number of aromatic hydroxyl groups is 1. The lowest BCUT2D eigenvalue weighted by atomic mass is 10.1. The minimum Gasteiger partial charge on any atom is -0.508 e. The van der Waals surface area contributed by atoms with Crippen molar-refractivity contribution >= 4 is 45.7 Å². The van der Waals surface area contributed by atoms with E-state index in [1.54, 1.807) is 17.4 Å². The van der Waals surface area contributed by atoms with Crippen molar-refractivity contribution in [3.05, 3.63) is 23.1 Å².